The fourth-order valence-corrected chi connectivity index (χ4v) is 3.29. The van der Waals surface area contributed by atoms with Gasteiger partial charge in [-0.05, 0) is 30.7 Å². The van der Waals surface area contributed by atoms with Gasteiger partial charge in [-0.15, -0.1) is 0 Å². The molecule has 2 aromatic heterocycles. The predicted octanol–water partition coefficient (Wildman–Crippen LogP) is 2.61. The Balaban J connectivity index is 2.13. The lowest BCUT2D eigenvalue weighted by Crippen LogP contribution is -1.97. The lowest BCUT2D eigenvalue weighted by molar-refractivity contribution is 0.471. The molecule has 3 rings (SSSR count). The molecule has 4 heteroatoms. The molecule has 3 heterocycles. The maximum Gasteiger partial charge on any atom is 0.132 e. The summed E-state index contributed by atoms with van der Waals surface area (Å²) in [6.07, 6.45) is 6.08. The van der Waals surface area contributed by atoms with Crippen molar-refractivity contribution in [2.45, 2.75) is 18.1 Å². The van der Waals surface area contributed by atoms with Gasteiger partial charge in [0.05, 0.1) is 23.2 Å². The van der Waals surface area contributed by atoms with E-state index in [1.165, 1.54) is 18.6 Å². The standard InChI is InChI=1S/C11H12N2OS/c14-9-4-3-8-6-12-11(13(8)7-9)10-2-1-5-15-10/h3-4,6-7,10,14H,1-2,5H2. The van der Waals surface area contributed by atoms with Gasteiger partial charge in [-0.3, -0.25) is 4.40 Å². The zero-order chi connectivity index (χ0) is 10.3. The minimum Gasteiger partial charge on any atom is -0.506 e. The van der Waals surface area contributed by atoms with E-state index in [9.17, 15) is 5.11 Å². The SMILES string of the molecule is Oc1ccc2cnc(C3CCCS3)n2c1. The van der Waals surface area contributed by atoms with E-state index in [0.717, 1.165) is 11.3 Å². The van der Waals surface area contributed by atoms with Crippen molar-refractivity contribution in [1.29, 1.82) is 0 Å². The van der Waals surface area contributed by atoms with Crippen LogP contribution in [0.15, 0.2) is 24.5 Å². The average molecular weight is 220 g/mol. The topological polar surface area (TPSA) is 37.5 Å². The van der Waals surface area contributed by atoms with Crippen molar-refractivity contribution in [3.8, 4) is 5.75 Å². The van der Waals surface area contributed by atoms with Gasteiger partial charge in [0, 0.05) is 0 Å². The molecule has 1 N–H and O–H groups in total. The zero-order valence-corrected chi connectivity index (χ0v) is 9.07. The monoisotopic (exact) mass is 220 g/mol. The fourth-order valence-electron chi connectivity index (χ4n) is 2.02. The minimum atomic E-state index is 0.296. The Morgan fingerprint density at radius 3 is 3.20 bits per heavy atom. The quantitative estimate of drug-likeness (QED) is 0.802. The molecule has 0 aliphatic carbocycles. The summed E-state index contributed by atoms with van der Waals surface area (Å²) >= 11 is 1.96. The number of hydrogen-bond acceptors (Lipinski definition) is 3. The van der Waals surface area contributed by atoms with E-state index < -0.39 is 0 Å². The largest absolute Gasteiger partial charge is 0.506 e. The Morgan fingerprint density at radius 1 is 1.47 bits per heavy atom. The van der Waals surface area contributed by atoms with Gasteiger partial charge in [0.15, 0.2) is 0 Å². The highest BCUT2D eigenvalue weighted by Crippen LogP contribution is 2.39. The summed E-state index contributed by atoms with van der Waals surface area (Å²) in [5, 5.41) is 9.96. The zero-order valence-electron chi connectivity index (χ0n) is 8.26. The number of aromatic nitrogens is 2. The molecule has 2 aromatic rings. The maximum atomic E-state index is 9.46. The van der Waals surface area contributed by atoms with Crippen molar-refractivity contribution < 1.29 is 5.11 Å². The van der Waals surface area contributed by atoms with E-state index in [2.05, 4.69) is 4.98 Å². The molecule has 1 saturated heterocycles. The number of hydrogen-bond donors (Lipinski definition) is 1. The van der Waals surface area contributed by atoms with E-state index in [1.807, 2.05) is 28.4 Å². The van der Waals surface area contributed by atoms with Crippen LogP contribution >= 0.6 is 11.8 Å². The van der Waals surface area contributed by atoms with Gasteiger partial charge < -0.3 is 5.11 Å². The highest BCUT2D eigenvalue weighted by atomic mass is 32.2. The first-order chi connectivity index (χ1) is 7.34. The van der Waals surface area contributed by atoms with Gasteiger partial charge in [-0.1, -0.05) is 0 Å². The van der Waals surface area contributed by atoms with Crippen molar-refractivity contribution in [3.63, 3.8) is 0 Å². The third-order valence-electron chi connectivity index (χ3n) is 2.76. The summed E-state index contributed by atoms with van der Waals surface area (Å²) in [6.45, 7) is 0. The molecule has 1 aliphatic heterocycles. The molecular weight excluding hydrogens is 208 g/mol. The van der Waals surface area contributed by atoms with Crippen molar-refractivity contribution in [2.75, 3.05) is 5.75 Å². The van der Waals surface area contributed by atoms with E-state index in [4.69, 9.17) is 0 Å². The van der Waals surface area contributed by atoms with Crippen LogP contribution in [0.1, 0.15) is 23.9 Å². The molecule has 0 radical (unpaired) electrons. The second-order valence-electron chi connectivity index (χ2n) is 3.80. The van der Waals surface area contributed by atoms with Gasteiger partial charge in [0.1, 0.15) is 11.6 Å². The van der Waals surface area contributed by atoms with E-state index >= 15 is 0 Å². The van der Waals surface area contributed by atoms with Crippen molar-refractivity contribution >= 4 is 17.3 Å². The number of fused-ring (bicyclic) bond motifs is 1. The molecule has 1 fully saturated rings. The molecule has 78 valence electrons. The second kappa shape index (κ2) is 3.45. The third kappa shape index (κ3) is 1.49. The lowest BCUT2D eigenvalue weighted by atomic mass is 10.2. The molecule has 0 aromatic carbocycles. The number of imidazole rings is 1. The number of nitrogens with zero attached hydrogens (tertiary/aromatic N) is 2. The Hall–Kier alpha value is -1.16. The van der Waals surface area contributed by atoms with Gasteiger partial charge in [0.25, 0.3) is 0 Å². The molecule has 15 heavy (non-hydrogen) atoms. The van der Waals surface area contributed by atoms with Gasteiger partial charge in [-0.2, -0.15) is 11.8 Å². The van der Waals surface area contributed by atoms with E-state index in [1.54, 1.807) is 12.3 Å². The Morgan fingerprint density at radius 2 is 2.40 bits per heavy atom. The van der Waals surface area contributed by atoms with Gasteiger partial charge >= 0.3 is 0 Å². The van der Waals surface area contributed by atoms with Crippen LogP contribution in [0.4, 0.5) is 0 Å². The first-order valence-corrected chi connectivity index (χ1v) is 6.17. The molecular formula is C11H12N2OS. The predicted molar refractivity (Wildman–Crippen MR) is 61.3 cm³/mol. The van der Waals surface area contributed by atoms with Crippen molar-refractivity contribution in [3.05, 3.63) is 30.4 Å². The summed E-state index contributed by atoms with van der Waals surface area (Å²) in [5.41, 5.74) is 1.05. The Labute approximate surface area is 92.1 Å². The highest BCUT2D eigenvalue weighted by molar-refractivity contribution is 7.99. The minimum absolute atomic E-state index is 0.296. The van der Waals surface area contributed by atoms with E-state index in [0.29, 0.717) is 11.0 Å². The van der Waals surface area contributed by atoms with Crippen LogP contribution in [0.2, 0.25) is 0 Å². The molecule has 0 amide bonds. The third-order valence-corrected chi connectivity index (χ3v) is 4.13. The summed E-state index contributed by atoms with van der Waals surface area (Å²) in [6, 6.07) is 3.59. The summed E-state index contributed by atoms with van der Waals surface area (Å²) in [4.78, 5) is 4.45. The first-order valence-electron chi connectivity index (χ1n) is 5.12. The van der Waals surface area contributed by atoms with Crippen LogP contribution in [0.3, 0.4) is 0 Å². The molecule has 1 aliphatic rings. The number of pyridine rings is 1. The maximum absolute atomic E-state index is 9.46. The van der Waals surface area contributed by atoms with Gasteiger partial charge in [-0.25, -0.2) is 4.98 Å². The number of rotatable bonds is 1. The van der Waals surface area contributed by atoms with Crippen LogP contribution in [-0.2, 0) is 0 Å². The smallest absolute Gasteiger partial charge is 0.132 e. The molecule has 0 bridgehead atoms. The highest BCUT2D eigenvalue weighted by Gasteiger charge is 2.21. The molecule has 1 atom stereocenters. The van der Waals surface area contributed by atoms with Crippen LogP contribution in [0.25, 0.3) is 5.52 Å². The van der Waals surface area contributed by atoms with E-state index in [-0.39, 0.29) is 0 Å². The molecule has 3 nitrogen and oxygen atoms in total. The lowest BCUT2D eigenvalue weighted by Gasteiger charge is -2.07. The van der Waals surface area contributed by atoms with Crippen LogP contribution in [0, 0.1) is 0 Å². The Kier molecular flexibility index (Phi) is 2.09. The van der Waals surface area contributed by atoms with Crippen LogP contribution < -0.4 is 0 Å². The molecule has 1 unspecified atom stereocenters. The summed E-state index contributed by atoms with van der Waals surface area (Å²) < 4.78 is 2.00. The van der Waals surface area contributed by atoms with Crippen molar-refractivity contribution in [1.82, 2.24) is 9.38 Å². The normalized spacial score (nSPS) is 21.2. The Bertz CT molecular complexity index is 488. The molecule has 0 saturated carbocycles. The summed E-state index contributed by atoms with van der Waals surface area (Å²) in [7, 11) is 0. The number of thioether (sulfide) groups is 1. The molecule has 0 spiro atoms. The van der Waals surface area contributed by atoms with Crippen LogP contribution in [0.5, 0.6) is 5.75 Å². The van der Waals surface area contributed by atoms with Crippen molar-refractivity contribution in [2.24, 2.45) is 0 Å². The average Bonchev–Trinajstić information content (AvgIpc) is 2.83. The summed E-state index contributed by atoms with van der Waals surface area (Å²) in [5.74, 6) is 2.59. The van der Waals surface area contributed by atoms with Gasteiger partial charge in [0.2, 0.25) is 0 Å². The fraction of sp³-hybridized carbons (Fsp3) is 0.364. The van der Waals surface area contributed by atoms with Crippen LogP contribution in [-0.4, -0.2) is 20.2 Å². The number of aromatic hydroxyl groups is 1. The second-order valence-corrected chi connectivity index (χ2v) is 5.11. The first kappa shape index (κ1) is 9.09.